The molecule has 118 valence electrons. The van der Waals surface area contributed by atoms with Gasteiger partial charge in [-0.15, -0.1) is 0 Å². The van der Waals surface area contributed by atoms with Crippen molar-refractivity contribution in [3.63, 3.8) is 0 Å². The van der Waals surface area contributed by atoms with Gasteiger partial charge in [-0.2, -0.15) is 0 Å². The van der Waals surface area contributed by atoms with Crippen LogP contribution in [-0.4, -0.2) is 24.1 Å². The summed E-state index contributed by atoms with van der Waals surface area (Å²) in [6, 6.07) is 6.23. The molecule has 1 amide bonds. The van der Waals surface area contributed by atoms with Crippen molar-refractivity contribution in [3.05, 3.63) is 30.0 Å². The van der Waals surface area contributed by atoms with E-state index >= 15 is 0 Å². The number of aromatic nitrogens is 1. The minimum absolute atomic E-state index is 0.0455. The summed E-state index contributed by atoms with van der Waals surface area (Å²) in [6.45, 7) is 2.31. The van der Waals surface area contributed by atoms with Gasteiger partial charge in [0.15, 0.2) is 0 Å². The van der Waals surface area contributed by atoms with E-state index in [4.69, 9.17) is 4.74 Å². The zero-order valence-electron chi connectivity index (χ0n) is 13.6. The summed E-state index contributed by atoms with van der Waals surface area (Å²) in [5.41, 5.74) is 2.61. The smallest absolute Gasteiger partial charge is 0.216 e. The lowest BCUT2D eigenvalue weighted by Gasteiger charge is -2.29. The molecule has 1 aromatic heterocycles. The van der Waals surface area contributed by atoms with Gasteiger partial charge in [-0.1, -0.05) is 12.8 Å². The molecule has 3 rings (SSSR count). The second kappa shape index (κ2) is 5.67. The van der Waals surface area contributed by atoms with Gasteiger partial charge in [0, 0.05) is 43.0 Å². The molecule has 1 fully saturated rings. The molecule has 0 bridgehead atoms. The molecule has 2 aromatic rings. The molecule has 1 aliphatic rings. The summed E-state index contributed by atoms with van der Waals surface area (Å²) >= 11 is 0. The molecule has 1 N–H and O–H groups in total. The quantitative estimate of drug-likeness (QED) is 0.942. The predicted octanol–water partition coefficient (Wildman–Crippen LogP) is 3.13. The van der Waals surface area contributed by atoms with Crippen LogP contribution >= 0.6 is 0 Å². The van der Waals surface area contributed by atoms with E-state index in [-0.39, 0.29) is 11.3 Å². The number of ether oxygens (including phenoxy) is 1. The van der Waals surface area contributed by atoms with Crippen molar-refractivity contribution in [1.82, 2.24) is 9.88 Å². The first kappa shape index (κ1) is 14.9. The fraction of sp³-hybridized carbons (Fsp3) is 0.500. The number of amides is 1. The fourth-order valence-corrected chi connectivity index (χ4v) is 3.81. The molecular formula is C18H24N2O2. The van der Waals surface area contributed by atoms with Crippen LogP contribution < -0.4 is 10.1 Å². The summed E-state index contributed by atoms with van der Waals surface area (Å²) in [7, 11) is 3.78. The van der Waals surface area contributed by atoms with Crippen LogP contribution in [0.3, 0.4) is 0 Å². The Hall–Kier alpha value is -1.97. The number of carbonyl (C=O) groups excluding carboxylic acids is 1. The van der Waals surface area contributed by atoms with Crippen LogP contribution in [0.4, 0.5) is 0 Å². The van der Waals surface area contributed by atoms with E-state index in [2.05, 4.69) is 35.3 Å². The summed E-state index contributed by atoms with van der Waals surface area (Å²) in [4.78, 5) is 11.4. The van der Waals surface area contributed by atoms with Gasteiger partial charge in [0.25, 0.3) is 0 Å². The molecule has 22 heavy (non-hydrogen) atoms. The van der Waals surface area contributed by atoms with E-state index in [9.17, 15) is 4.79 Å². The van der Waals surface area contributed by atoms with Gasteiger partial charge in [0.2, 0.25) is 5.91 Å². The van der Waals surface area contributed by atoms with Gasteiger partial charge in [0.05, 0.1) is 7.11 Å². The number of methoxy groups -OCH3 is 1. The first-order valence-corrected chi connectivity index (χ1v) is 7.94. The summed E-state index contributed by atoms with van der Waals surface area (Å²) in [6.07, 6.45) is 6.93. The SMILES string of the molecule is COc1ccc2c(c1)c(C1(CNC(C)=O)CCCC1)cn2C. The van der Waals surface area contributed by atoms with Gasteiger partial charge in [-0.3, -0.25) is 4.79 Å². The molecule has 0 aliphatic heterocycles. The first-order chi connectivity index (χ1) is 10.6. The molecular weight excluding hydrogens is 276 g/mol. The maximum atomic E-state index is 11.4. The number of hydrogen-bond acceptors (Lipinski definition) is 2. The number of carbonyl (C=O) groups is 1. The fourth-order valence-electron chi connectivity index (χ4n) is 3.81. The number of nitrogens with one attached hydrogen (secondary N) is 1. The third-order valence-electron chi connectivity index (χ3n) is 5.00. The van der Waals surface area contributed by atoms with Gasteiger partial charge in [-0.05, 0) is 36.6 Å². The Morgan fingerprint density at radius 1 is 1.36 bits per heavy atom. The lowest BCUT2D eigenvalue weighted by atomic mass is 9.78. The Labute approximate surface area is 131 Å². The molecule has 0 atom stereocenters. The average molecular weight is 300 g/mol. The van der Waals surface area contributed by atoms with Crippen molar-refractivity contribution in [2.24, 2.45) is 7.05 Å². The van der Waals surface area contributed by atoms with Crippen molar-refractivity contribution in [2.45, 2.75) is 38.0 Å². The van der Waals surface area contributed by atoms with Gasteiger partial charge in [0.1, 0.15) is 5.75 Å². The molecule has 0 spiro atoms. The highest BCUT2D eigenvalue weighted by Crippen LogP contribution is 2.44. The highest BCUT2D eigenvalue weighted by Gasteiger charge is 2.38. The van der Waals surface area contributed by atoms with Crippen LogP contribution in [0.5, 0.6) is 5.75 Å². The number of nitrogens with zero attached hydrogens (tertiary/aromatic N) is 1. The van der Waals surface area contributed by atoms with Crippen molar-refractivity contribution in [3.8, 4) is 5.75 Å². The van der Waals surface area contributed by atoms with Crippen molar-refractivity contribution in [2.75, 3.05) is 13.7 Å². The highest BCUT2D eigenvalue weighted by atomic mass is 16.5. The average Bonchev–Trinajstić information content (AvgIpc) is 3.11. The van der Waals surface area contributed by atoms with E-state index < -0.39 is 0 Å². The van der Waals surface area contributed by atoms with Crippen molar-refractivity contribution in [1.29, 1.82) is 0 Å². The number of hydrogen-bond donors (Lipinski definition) is 1. The molecule has 1 aromatic carbocycles. The molecule has 1 aliphatic carbocycles. The Morgan fingerprint density at radius 3 is 2.73 bits per heavy atom. The maximum absolute atomic E-state index is 11.4. The summed E-state index contributed by atoms with van der Waals surface area (Å²) in [5.74, 6) is 0.928. The second-order valence-electron chi connectivity index (χ2n) is 6.43. The number of rotatable bonds is 4. The highest BCUT2D eigenvalue weighted by molar-refractivity contribution is 5.86. The minimum Gasteiger partial charge on any atom is -0.497 e. The topological polar surface area (TPSA) is 43.3 Å². The lowest BCUT2D eigenvalue weighted by Crippen LogP contribution is -2.38. The van der Waals surface area contributed by atoms with Gasteiger partial charge < -0.3 is 14.6 Å². The van der Waals surface area contributed by atoms with Gasteiger partial charge >= 0.3 is 0 Å². The summed E-state index contributed by atoms with van der Waals surface area (Å²) in [5, 5.41) is 4.29. The number of aryl methyl sites for hydroxylation is 1. The number of benzene rings is 1. The molecule has 0 radical (unpaired) electrons. The first-order valence-electron chi connectivity index (χ1n) is 7.94. The Bertz CT molecular complexity index is 696. The largest absolute Gasteiger partial charge is 0.497 e. The van der Waals surface area contributed by atoms with Crippen LogP contribution in [0.1, 0.15) is 38.2 Å². The number of fused-ring (bicyclic) bond motifs is 1. The normalized spacial score (nSPS) is 16.9. The van der Waals surface area contributed by atoms with Crippen LogP contribution in [0.25, 0.3) is 10.9 Å². The van der Waals surface area contributed by atoms with Crippen LogP contribution in [0.2, 0.25) is 0 Å². The maximum Gasteiger partial charge on any atom is 0.216 e. The third kappa shape index (κ3) is 2.47. The molecule has 1 saturated carbocycles. The molecule has 4 nitrogen and oxygen atoms in total. The van der Waals surface area contributed by atoms with E-state index in [1.165, 1.54) is 29.3 Å². The zero-order valence-corrected chi connectivity index (χ0v) is 13.6. The van der Waals surface area contributed by atoms with Crippen LogP contribution in [-0.2, 0) is 17.3 Å². The van der Waals surface area contributed by atoms with E-state index in [0.29, 0.717) is 0 Å². The molecule has 0 unspecified atom stereocenters. The van der Waals surface area contributed by atoms with E-state index in [1.54, 1.807) is 14.0 Å². The van der Waals surface area contributed by atoms with Crippen LogP contribution in [0, 0.1) is 0 Å². The Balaban J connectivity index is 2.11. The van der Waals surface area contributed by atoms with E-state index in [0.717, 1.165) is 25.1 Å². The molecule has 0 saturated heterocycles. The zero-order chi connectivity index (χ0) is 15.7. The molecule has 4 heteroatoms. The Morgan fingerprint density at radius 2 is 2.09 bits per heavy atom. The Kier molecular flexibility index (Phi) is 3.85. The van der Waals surface area contributed by atoms with Crippen molar-refractivity contribution >= 4 is 16.8 Å². The predicted molar refractivity (Wildman–Crippen MR) is 88.3 cm³/mol. The van der Waals surface area contributed by atoms with Crippen LogP contribution in [0.15, 0.2) is 24.4 Å². The molecule has 1 heterocycles. The van der Waals surface area contributed by atoms with E-state index in [1.807, 2.05) is 6.07 Å². The monoisotopic (exact) mass is 300 g/mol. The van der Waals surface area contributed by atoms with Gasteiger partial charge in [-0.25, -0.2) is 0 Å². The van der Waals surface area contributed by atoms with Crippen molar-refractivity contribution < 1.29 is 9.53 Å². The summed E-state index contributed by atoms with van der Waals surface area (Å²) < 4.78 is 7.58. The third-order valence-corrected chi connectivity index (χ3v) is 5.00. The lowest BCUT2D eigenvalue weighted by molar-refractivity contribution is -0.119. The minimum atomic E-state index is 0.0455. The second-order valence-corrected chi connectivity index (χ2v) is 6.43. The standard InChI is InChI=1S/C18H24N2O2/c1-13(21)19-12-18(8-4-5-9-18)16-11-20(2)17-7-6-14(22-3)10-15(16)17/h6-7,10-11H,4-5,8-9,12H2,1-3H3,(H,19,21).